The highest BCUT2D eigenvalue weighted by Crippen LogP contribution is 2.16. The SMILES string of the molecule is COC(=O)C1C[C@H](COC(F)F)CN1. The summed E-state index contributed by atoms with van der Waals surface area (Å²) in [5.74, 6) is -0.405. The molecule has 1 saturated heterocycles. The number of alkyl halides is 2. The summed E-state index contributed by atoms with van der Waals surface area (Å²) in [6.07, 6.45) is 0.486. The third-order valence-electron chi connectivity index (χ3n) is 2.17. The zero-order valence-corrected chi connectivity index (χ0v) is 7.83. The number of hydrogen-bond donors (Lipinski definition) is 1. The van der Waals surface area contributed by atoms with Gasteiger partial charge in [0.25, 0.3) is 0 Å². The smallest absolute Gasteiger partial charge is 0.345 e. The molecule has 14 heavy (non-hydrogen) atoms. The Hall–Kier alpha value is -0.750. The van der Waals surface area contributed by atoms with Gasteiger partial charge in [0.2, 0.25) is 0 Å². The molecule has 1 heterocycles. The van der Waals surface area contributed by atoms with Gasteiger partial charge in [-0.2, -0.15) is 8.78 Å². The van der Waals surface area contributed by atoms with Crippen LogP contribution in [0.2, 0.25) is 0 Å². The topological polar surface area (TPSA) is 47.6 Å². The average Bonchev–Trinajstić information content (AvgIpc) is 2.62. The van der Waals surface area contributed by atoms with E-state index in [1.54, 1.807) is 0 Å². The molecule has 0 bridgehead atoms. The van der Waals surface area contributed by atoms with Crippen LogP contribution in [0.4, 0.5) is 8.78 Å². The maximum absolute atomic E-state index is 11.7. The number of halogens is 2. The molecule has 6 heteroatoms. The van der Waals surface area contributed by atoms with E-state index in [2.05, 4.69) is 14.8 Å². The predicted octanol–water partition coefficient (Wildman–Crippen LogP) is 0.377. The number of nitrogens with one attached hydrogen (secondary N) is 1. The molecule has 0 aromatic carbocycles. The first kappa shape index (κ1) is 11.3. The third-order valence-corrected chi connectivity index (χ3v) is 2.17. The summed E-state index contributed by atoms with van der Waals surface area (Å²) < 4.78 is 32.0. The van der Waals surface area contributed by atoms with Crippen LogP contribution in [0.15, 0.2) is 0 Å². The molecule has 2 atom stereocenters. The molecule has 0 saturated carbocycles. The fourth-order valence-electron chi connectivity index (χ4n) is 1.47. The number of methoxy groups -OCH3 is 1. The van der Waals surface area contributed by atoms with E-state index in [0.717, 1.165) is 0 Å². The number of hydrogen-bond acceptors (Lipinski definition) is 4. The lowest BCUT2D eigenvalue weighted by Gasteiger charge is -2.08. The molecule has 0 aromatic heterocycles. The minimum absolute atomic E-state index is 0.0296. The summed E-state index contributed by atoms with van der Waals surface area (Å²) >= 11 is 0. The normalized spacial score (nSPS) is 26.9. The first-order valence-electron chi connectivity index (χ1n) is 4.34. The Morgan fingerprint density at radius 3 is 2.93 bits per heavy atom. The Morgan fingerprint density at radius 2 is 2.36 bits per heavy atom. The van der Waals surface area contributed by atoms with Crippen LogP contribution in [0.5, 0.6) is 0 Å². The van der Waals surface area contributed by atoms with Crippen molar-refractivity contribution in [3.63, 3.8) is 0 Å². The van der Waals surface area contributed by atoms with Gasteiger partial charge in [-0.1, -0.05) is 0 Å². The summed E-state index contributed by atoms with van der Waals surface area (Å²) in [6, 6.07) is -0.383. The molecule has 0 radical (unpaired) electrons. The van der Waals surface area contributed by atoms with Gasteiger partial charge in [-0.25, -0.2) is 0 Å². The zero-order valence-electron chi connectivity index (χ0n) is 7.83. The summed E-state index contributed by atoms with van der Waals surface area (Å²) in [5, 5.41) is 2.88. The number of esters is 1. The van der Waals surface area contributed by atoms with Crippen molar-refractivity contribution in [2.24, 2.45) is 5.92 Å². The second kappa shape index (κ2) is 5.21. The number of carbonyl (C=O) groups is 1. The Kier molecular flexibility index (Phi) is 4.21. The molecule has 82 valence electrons. The van der Waals surface area contributed by atoms with E-state index in [9.17, 15) is 13.6 Å². The van der Waals surface area contributed by atoms with Crippen molar-refractivity contribution in [2.45, 2.75) is 19.1 Å². The van der Waals surface area contributed by atoms with Crippen molar-refractivity contribution in [3.05, 3.63) is 0 Å². The molecule has 1 fully saturated rings. The lowest BCUT2D eigenvalue weighted by molar-refractivity contribution is -0.143. The standard InChI is InChI=1S/C8H13F2NO3/c1-13-7(12)6-2-5(3-11-6)4-14-8(9)10/h5-6,8,11H,2-4H2,1H3/t5-,6?/m0/s1. The van der Waals surface area contributed by atoms with E-state index in [0.29, 0.717) is 13.0 Å². The maximum Gasteiger partial charge on any atom is 0.345 e. The van der Waals surface area contributed by atoms with E-state index >= 15 is 0 Å². The first-order chi connectivity index (χ1) is 6.63. The van der Waals surface area contributed by atoms with Gasteiger partial charge in [0.05, 0.1) is 13.7 Å². The molecule has 4 nitrogen and oxygen atoms in total. The van der Waals surface area contributed by atoms with Gasteiger partial charge in [0.15, 0.2) is 0 Å². The molecule has 1 aliphatic rings. The second-order valence-electron chi connectivity index (χ2n) is 3.18. The third kappa shape index (κ3) is 3.19. The van der Waals surface area contributed by atoms with E-state index in [4.69, 9.17) is 0 Å². The van der Waals surface area contributed by atoms with Crippen molar-refractivity contribution in [1.82, 2.24) is 5.32 Å². The van der Waals surface area contributed by atoms with E-state index in [1.165, 1.54) is 7.11 Å². The number of ether oxygens (including phenoxy) is 2. The molecule has 0 amide bonds. The fourth-order valence-corrected chi connectivity index (χ4v) is 1.47. The van der Waals surface area contributed by atoms with Crippen molar-refractivity contribution in [3.8, 4) is 0 Å². The number of carbonyl (C=O) groups excluding carboxylic acids is 1. The summed E-state index contributed by atoms with van der Waals surface area (Å²) in [4.78, 5) is 11.0. The van der Waals surface area contributed by atoms with Crippen LogP contribution in [0.25, 0.3) is 0 Å². The van der Waals surface area contributed by atoms with Gasteiger partial charge < -0.3 is 14.8 Å². The summed E-state index contributed by atoms with van der Waals surface area (Å²) in [5.41, 5.74) is 0. The van der Waals surface area contributed by atoms with Crippen LogP contribution in [0.1, 0.15) is 6.42 Å². The highest BCUT2D eigenvalue weighted by molar-refractivity contribution is 5.75. The first-order valence-corrected chi connectivity index (χ1v) is 4.34. The Morgan fingerprint density at radius 1 is 1.64 bits per heavy atom. The van der Waals surface area contributed by atoms with Crippen molar-refractivity contribution in [1.29, 1.82) is 0 Å². The fraction of sp³-hybridized carbons (Fsp3) is 0.875. The minimum atomic E-state index is -2.74. The molecule has 1 N–H and O–H groups in total. The van der Waals surface area contributed by atoms with Gasteiger partial charge in [-0.15, -0.1) is 0 Å². The van der Waals surface area contributed by atoms with Gasteiger partial charge in [0, 0.05) is 6.54 Å². The van der Waals surface area contributed by atoms with Crippen molar-refractivity contribution in [2.75, 3.05) is 20.3 Å². The largest absolute Gasteiger partial charge is 0.468 e. The highest BCUT2D eigenvalue weighted by atomic mass is 19.3. The average molecular weight is 209 g/mol. The van der Waals surface area contributed by atoms with Crippen LogP contribution in [-0.4, -0.2) is 38.9 Å². The summed E-state index contributed by atoms with van der Waals surface area (Å²) in [6.45, 7) is -2.27. The van der Waals surface area contributed by atoms with Gasteiger partial charge in [-0.3, -0.25) is 4.79 Å². The Labute approximate surface area is 80.6 Å². The zero-order chi connectivity index (χ0) is 10.6. The summed E-state index contributed by atoms with van der Waals surface area (Å²) in [7, 11) is 1.30. The van der Waals surface area contributed by atoms with E-state index < -0.39 is 6.61 Å². The molecular formula is C8H13F2NO3. The Balaban J connectivity index is 2.23. The number of rotatable bonds is 4. The van der Waals surface area contributed by atoms with Crippen LogP contribution in [-0.2, 0) is 14.3 Å². The van der Waals surface area contributed by atoms with Crippen molar-refractivity contribution >= 4 is 5.97 Å². The van der Waals surface area contributed by atoms with Gasteiger partial charge >= 0.3 is 12.6 Å². The van der Waals surface area contributed by atoms with E-state index in [1.807, 2.05) is 0 Å². The lowest BCUT2D eigenvalue weighted by atomic mass is 10.1. The molecule has 0 aromatic rings. The minimum Gasteiger partial charge on any atom is -0.468 e. The van der Waals surface area contributed by atoms with Crippen LogP contribution in [0.3, 0.4) is 0 Å². The predicted molar refractivity (Wildman–Crippen MR) is 43.9 cm³/mol. The molecule has 1 aliphatic heterocycles. The molecule has 0 spiro atoms. The molecular weight excluding hydrogens is 196 g/mol. The monoisotopic (exact) mass is 209 g/mol. The highest BCUT2D eigenvalue weighted by Gasteiger charge is 2.30. The van der Waals surface area contributed by atoms with Gasteiger partial charge in [-0.05, 0) is 12.3 Å². The Bertz CT molecular complexity index is 201. The quantitative estimate of drug-likeness (QED) is 0.680. The maximum atomic E-state index is 11.7. The molecule has 0 aliphatic carbocycles. The van der Waals surface area contributed by atoms with Crippen molar-refractivity contribution < 1.29 is 23.0 Å². The van der Waals surface area contributed by atoms with Crippen LogP contribution >= 0.6 is 0 Å². The van der Waals surface area contributed by atoms with Crippen LogP contribution < -0.4 is 5.32 Å². The lowest BCUT2D eigenvalue weighted by Crippen LogP contribution is -2.31. The molecule has 1 rings (SSSR count). The van der Waals surface area contributed by atoms with Gasteiger partial charge in [0.1, 0.15) is 6.04 Å². The molecule has 1 unspecified atom stereocenters. The van der Waals surface area contributed by atoms with E-state index in [-0.39, 0.29) is 24.5 Å². The van der Waals surface area contributed by atoms with Crippen LogP contribution in [0, 0.1) is 5.92 Å². The second-order valence-corrected chi connectivity index (χ2v) is 3.18.